The summed E-state index contributed by atoms with van der Waals surface area (Å²) >= 11 is 6.27. The number of hydrogen-bond donors (Lipinski definition) is 2. The average Bonchev–Trinajstić information content (AvgIpc) is 2.89. The molecule has 2 aromatic rings. The molecule has 0 spiro atoms. The second-order valence-electron chi connectivity index (χ2n) is 4.14. The molecule has 0 fully saturated rings. The van der Waals surface area contributed by atoms with E-state index < -0.39 is 10.0 Å². The van der Waals surface area contributed by atoms with Gasteiger partial charge in [0.25, 0.3) is 0 Å². The SMILES string of the molecule is Cc1ccc(C(N)=S)cc1S(=O)(=O)NCc1cncs1. The van der Waals surface area contributed by atoms with Crippen molar-refractivity contribution in [3.8, 4) is 0 Å². The van der Waals surface area contributed by atoms with Crippen molar-refractivity contribution in [2.45, 2.75) is 18.4 Å². The summed E-state index contributed by atoms with van der Waals surface area (Å²) in [6.45, 7) is 1.94. The van der Waals surface area contributed by atoms with E-state index in [1.165, 1.54) is 17.4 Å². The van der Waals surface area contributed by atoms with Crippen LogP contribution in [0.15, 0.2) is 34.8 Å². The Kier molecular flexibility index (Phi) is 4.48. The Morgan fingerprint density at radius 3 is 2.85 bits per heavy atom. The van der Waals surface area contributed by atoms with Crippen LogP contribution in [-0.2, 0) is 16.6 Å². The molecule has 1 aromatic heterocycles. The molecule has 0 saturated heterocycles. The molecule has 1 aromatic carbocycles. The molecule has 20 heavy (non-hydrogen) atoms. The highest BCUT2D eigenvalue weighted by Gasteiger charge is 2.17. The number of rotatable bonds is 5. The van der Waals surface area contributed by atoms with Gasteiger partial charge in [-0.1, -0.05) is 24.4 Å². The summed E-state index contributed by atoms with van der Waals surface area (Å²) in [5.41, 5.74) is 8.36. The van der Waals surface area contributed by atoms with Crippen LogP contribution in [0.3, 0.4) is 0 Å². The lowest BCUT2D eigenvalue weighted by Crippen LogP contribution is -2.24. The Balaban J connectivity index is 2.28. The van der Waals surface area contributed by atoms with Gasteiger partial charge < -0.3 is 5.73 Å². The molecular formula is C12H13N3O2S3. The first kappa shape index (κ1) is 15.0. The van der Waals surface area contributed by atoms with Crippen LogP contribution in [0.5, 0.6) is 0 Å². The van der Waals surface area contributed by atoms with Crippen molar-refractivity contribution in [2.75, 3.05) is 0 Å². The molecule has 0 aliphatic rings. The van der Waals surface area contributed by atoms with Gasteiger partial charge in [-0.3, -0.25) is 4.98 Å². The molecular weight excluding hydrogens is 314 g/mol. The second kappa shape index (κ2) is 5.96. The van der Waals surface area contributed by atoms with E-state index in [4.69, 9.17) is 18.0 Å². The third kappa shape index (κ3) is 3.40. The van der Waals surface area contributed by atoms with Crippen LogP contribution in [0.1, 0.15) is 16.0 Å². The number of hydrogen-bond acceptors (Lipinski definition) is 5. The number of thiocarbonyl (C=S) groups is 1. The Hall–Kier alpha value is -1.35. The van der Waals surface area contributed by atoms with Gasteiger partial charge in [0.2, 0.25) is 10.0 Å². The molecule has 0 aliphatic heterocycles. The standard InChI is InChI=1S/C12H13N3O2S3/c1-8-2-3-9(12(13)18)4-11(8)20(16,17)15-6-10-5-14-7-19-10/h2-5,7,15H,6H2,1H3,(H2,13,18). The van der Waals surface area contributed by atoms with Crippen molar-refractivity contribution in [1.29, 1.82) is 0 Å². The maximum absolute atomic E-state index is 12.3. The average molecular weight is 327 g/mol. The second-order valence-corrected chi connectivity index (χ2v) is 7.28. The van der Waals surface area contributed by atoms with Crippen LogP contribution in [0.4, 0.5) is 0 Å². The van der Waals surface area contributed by atoms with E-state index in [1.54, 1.807) is 30.8 Å². The Morgan fingerprint density at radius 2 is 2.25 bits per heavy atom. The highest BCUT2D eigenvalue weighted by atomic mass is 32.2. The number of nitrogens with one attached hydrogen (secondary N) is 1. The fourth-order valence-corrected chi connectivity index (χ4v) is 3.64. The minimum atomic E-state index is -3.61. The summed E-state index contributed by atoms with van der Waals surface area (Å²) < 4.78 is 27.2. The highest BCUT2D eigenvalue weighted by Crippen LogP contribution is 2.18. The zero-order chi connectivity index (χ0) is 14.8. The number of nitrogens with two attached hydrogens (primary N) is 1. The van der Waals surface area contributed by atoms with Gasteiger partial charge in [-0.2, -0.15) is 0 Å². The Labute approximate surface area is 126 Å². The quantitative estimate of drug-likeness (QED) is 0.814. The van der Waals surface area contributed by atoms with Crippen molar-refractivity contribution in [2.24, 2.45) is 5.73 Å². The zero-order valence-corrected chi connectivity index (χ0v) is 13.1. The van der Waals surface area contributed by atoms with Crippen molar-refractivity contribution in [1.82, 2.24) is 9.71 Å². The molecule has 0 aliphatic carbocycles. The van der Waals surface area contributed by atoms with Crippen molar-refractivity contribution >= 4 is 38.6 Å². The fourth-order valence-electron chi connectivity index (χ4n) is 1.62. The maximum Gasteiger partial charge on any atom is 0.241 e. The van der Waals surface area contributed by atoms with Crippen LogP contribution in [0, 0.1) is 6.92 Å². The van der Waals surface area contributed by atoms with E-state index in [9.17, 15) is 8.42 Å². The zero-order valence-electron chi connectivity index (χ0n) is 10.7. The van der Waals surface area contributed by atoms with E-state index in [1.807, 2.05) is 0 Å². The predicted molar refractivity (Wildman–Crippen MR) is 83.2 cm³/mol. The lowest BCUT2D eigenvalue weighted by Gasteiger charge is -2.10. The lowest BCUT2D eigenvalue weighted by atomic mass is 10.1. The summed E-state index contributed by atoms with van der Waals surface area (Å²) in [5.74, 6) is 0. The molecule has 0 bridgehead atoms. The monoisotopic (exact) mass is 327 g/mol. The van der Waals surface area contributed by atoms with Crippen LogP contribution < -0.4 is 10.5 Å². The van der Waals surface area contributed by atoms with E-state index in [2.05, 4.69) is 9.71 Å². The number of sulfonamides is 1. The first-order valence-electron chi connectivity index (χ1n) is 5.67. The Bertz CT molecular complexity index is 724. The summed E-state index contributed by atoms with van der Waals surface area (Å²) in [7, 11) is -3.61. The minimum absolute atomic E-state index is 0.170. The molecule has 0 saturated carbocycles. The van der Waals surface area contributed by atoms with Gasteiger partial charge >= 0.3 is 0 Å². The number of benzene rings is 1. The third-order valence-electron chi connectivity index (χ3n) is 2.68. The predicted octanol–water partition coefficient (Wildman–Crippen LogP) is 1.56. The molecule has 8 heteroatoms. The number of aryl methyl sites for hydroxylation is 1. The summed E-state index contributed by atoms with van der Waals surface area (Å²) in [5, 5.41) is 0. The molecule has 1 heterocycles. The number of nitrogens with zero attached hydrogens (tertiary/aromatic N) is 1. The van der Waals surface area contributed by atoms with Gasteiger partial charge in [0.1, 0.15) is 4.99 Å². The molecule has 0 radical (unpaired) electrons. The number of aromatic nitrogens is 1. The van der Waals surface area contributed by atoms with Crippen molar-refractivity contribution in [3.05, 3.63) is 45.9 Å². The van der Waals surface area contributed by atoms with E-state index in [-0.39, 0.29) is 16.4 Å². The molecule has 3 N–H and O–H groups in total. The molecule has 0 amide bonds. The Morgan fingerprint density at radius 1 is 1.50 bits per heavy atom. The summed E-state index contributed by atoms with van der Waals surface area (Å²) in [6, 6.07) is 4.89. The van der Waals surface area contributed by atoms with Gasteiger partial charge in [0.05, 0.1) is 10.4 Å². The van der Waals surface area contributed by atoms with Crippen molar-refractivity contribution in [3.63, 3.8) is 0 Å². The molecule has 5 nitrogen and oxygen atoms in total. The summed E-state index contributed by atoms with van der Waals surface area (Å²) in [6.07, 6.45) is 1.63. The van der Waals surface area contributed by atoms with E-state index in [0.29, 0.717) is 11.1 Å². The maximum atomic E-state index is 12.3. The largest absolute Gasteiger partial charge is 0.389 e. The van der Waals surface area contributed by atoms with E-state index in [0.717, 1.165) is 4.88 Å². The van der Waals surface area contributed by atoms with Crippen LogP contribution >= 0.6 is 23.6 Å². The van der Waals surface area contributed by atoms with Gasteiger partial charge in [-0.15, -0.1) is 11.3 Å². The minimum Gasteiger partial charge on any atom is -0.389 e. The van der Waals surface area contributed by atoms with Gasteiger partial charge in [0.15, 0.2) is 0 Å². The smallest absolute Gasteiger partial charge is 0.241 e. The first-order valence-corrected chi connectivity index (χ1v) is 8.45. The van der Waals surface area contributed by atoms with Gasteiger partial charge in [-0.05, 0) is 18.6 Å². The van der Waals surface area contributed by atoms with Crippen LogP contribution in [-0.4, -0.2) is 18.4 Å². The van der Waals surface area contributed by atoms with E-state index >= 15 is 0 Å². The first-order chi connectivity index (χ1) is 9.40. The van der Waals surface area contributed by atoms with Crippen LogP contribution in [0.25, 0.3) is 0 Å². The molecule has 0 atom stereocenters. The number of thiazole rings is 1. The summed E-state index contributed by atoms with van der Waals surface area (Å²) in [4.78, 5) is 5.10. The van der Waals surface area contributed by atoms with Crippen LogP contribution in [0.2, 0.25) is 0 Å². The normalized spacial score (nSPS) is 11.4. The fraction of sp³-hybridized carbons (Fsp3) is 0.167. The lowest BCUT2D eigenvalue weighted by molar-refractivity contribution is 0.581. The van der Waals surface area contributed by atoms with Gasteiger partial charge in [-0.25, -0.2) is 13.1 Å². The molecule has 2 rings (SSSR count). The molecule has 106 valence electrons. The highest BCUT2D eigenvalue weighted by molar-refractivity contribution is 7.89. The topological polar surface area (TPSA) is 85.1 Å². The third-order valence-corrected chi connectivity index (χ3v) is 5.24. The van der Waals surface area contributed by atoms with Crippen molar-refractivity contribution < 1.29 is 8.42 Å². The van der Waals surface area contributed by atoms with Gasteiger partial charge in [0, 0.05) is 23.2 Å². The molecule has 0 unspecified atom stereocenters.